The Hall–Kier alpha value is -0.339. The topological polar surface area (TPSA) is 0 Å². The summed E-state index contributed by atoms with van der Waals surface area (Å²) in [6, 6.07) is 0. The molecule has 1 aromatic rings. The molecule has 0 atom stereocenters. The van der Waals surface area contributed by atoms with Crippen LogP contribution in [0.4, 0.5) is 13.2 Å². The molecule has 0 saturated carbocycles. The number of rotatable bonds is 12. The molecule has 0 bridgehead atoms. The lowest BCUT2D eigenvalue weighted by Crippen LogP contribution is -2.74. The Morgan fingerprint density at radius 1 is 0.282 bits per heavy atom. The van der Waals surface area contributed by atoms with Gasteiger partial charge < -0.3 is 0 Å². The van der Waals surface area contributed by atoms with E-state index in [1.54, 1.807) is 0 Å². The molecule has 0 radical (unpaired) electrons. The first-order valence-corrected chi connectivity index (χ1v) is 22.5. The number of halogens is 3. The Morgan fingerprint density at radius 3 is 0.641 bits per heavy atom. The van der Waals surface area contributed by atoms with E-state index < -0.39 is 35.9 Å². The van der Waals surface area contributed by atoms with Crippen molar-refractivity contribution in [2.45, 2.75) is 174 Å². The molecule has 0 amide bonds. The molecule has 0 N–H and O–H groups in total. The van der Waals surface area contributed by atoms with Crippen molar-refractivity contribution in [3.63, 3.8) is 0 Å². The minimum atomic E-state index is -2.85. The van der Waals surface area contributed by atoms with Gasteiger partial charge in [-0.15, -0.1) is 0 Å². The number of hydrogen-bond acceptors (Lipinski definition) is 0. The monoisotopic (exact) mass is 600 g/mol. The van der Waals surface area contributed by atoms with E-state index in [9.17, 15) is 0 Å². The van der Waals surface area contributed by atoms with Crippen molar-refractivity contribution in [1.29, 1.82) is 0 Å². The van der Waals surface area contributed by atoms with Crippen LogP contribution in [-0.4, -0.2) is 24.2 Å². The quantitative estimate of drug-likeness (QED) is 0.165. The van der Waals surface area contributed by atoms with Crippen molar-refractivity contribution in [2.75, 3.05) is 0 Å². The van der Waals surface area contributed by atoms with Crippen LogP contribution < -0.4 is 15.6 Å². The lowest BCUT2D eigenvalue weighted by Gasteiger charge is -2.52. The molecule has 0 aliphatic carbocycles. The van der Waals surface area contributed by atoms with Gasteiger partial charge in [0.25, 0.3) is 0 Å². The van der Waals surface area contributed by atoms with Crippen LogP contribution in [0.25, 0.3) is 0 Å². The molecule has 0 aliphatic rings. The van der Waals surface area contributed by atoms with Gasteiger partial charge in [0.15, 0.2) is 11.6 Å². The lowest BCUT2D eigenvalue weighted by molar-refractivity contribution is 0.506. The zero-order valence-electron chi connectivity index (χ0n) is 28.8. The maximum atomic E-state index is 18.1. The summed E-state index contributed by atoms with van der Waals surface area (Å²) in [5.74, 6) is -1.89. The fourth-order valence-electron chi connectivity index (χ4n) is 10.5. The van der Waals surface area contributed by atoms with Gasteiger partial charge in [0.2, 0.25) is 0 Å². The average molecular weight is 601 g/mol. The third kappa shape index (κ3) is 5.23. The van der Waals surface area contributed by atoms with E-state index in [0.29, 0.717) is 10.4 Å². The number of hydrogen-bond donors (Lipinski definition) is 0. The van der Waals surface area contributed by atoms with Gasteiger partial charge in [0.1, 0.15) is 13.9 Å². The summed E-state index contributed by atoms with van der Waals surface area (Å²) in [6.45, 7) is 39.1. The molecular weight excluding hydrogens is 538 g/mol. The Labute approximate surface area is 244 Å². The van der Waals surface area contributed by atoms with Crippen molar-refractivity contribution < 1.29 is 13.2 Å². The third-order valence-electron chi connectivity index (χ3n) is 11.2. The van der Waals surface area contributed by atoms with Gasteiger partial charge in [0, 0.05) is 5.19 Å². The lowest BCUT2D eigenvalue weighted by atomic mass is 10.3. The summed E-state index contributed by atoms with van der Waals surface area (Å²) in [6.07, 6.45) is 0. The third-order valence-corrected chi connectivity index (χ3v) is 32.6. The molecule has 228 valence electrons. The summed E-state index contributed by atoms with van der Waals surface area (Å²) in [4.78, 5) is 0. The van der Waals surface area contributed by atoms with Crippen molar-refractivity contribution in [3.05, 3.63) is 17.5 Å². The summed E-state index contributed by atoms with van der Waals surface area (Å²) >= 11 is 0. The molecule has 0 fully saturated rings. The van der Waals surface area contributed by atoms with Crippen LogP contribution in [0.5, 0.6) is 0 Å². The maximum absolute atomic E-state index is 18.1. The Kier molecular flexibility index (Phi) is 12.1. The van der Waals surface area contributed by atoms with Crippen molar-refractivity contribution in [3.8, 4) is 0 Å². The average Bonchev–Trinajstić information content (AvgIpc) is 2.74. The minimum Gasteiger partial charge on any atom is -0.207 e. The molecular formula is C33H63F3Si3. The number of benzene rings is 1. The van der Waals surface area contributed by atoms with Gasteiger partial charge in [-0.25, -0.2) is 13.2 Å². The maximum Gasteiger partial charge on any atom is 0.160 e. The normalized spacial score (nSPS) is 14.3. The second-order valence-corrected chi connectivity index (χ2v) is 32.7. The highest BCUT2D eigenvalue weighted by atomic mass is 28.3. The molecule has 0 aromatic heterocycles. The predicted octanol–water partition coefficient (Wildman–Crippen LogP) is 10.8. The fourth-order valence-corrected chi connectivity index (χ4v) is 32.1. The molecule has 39 heavy (non-hydrogen) atoms. The van der Waals surface area contributed by atoms with Crippen molar-refractivity contribution in [2.24, 2.45) is 0 Å². The highest BCUT2D eigenvalue weighted by molar-refractivity contribution is 7.05. The van der Waals surface area contributed by atoms with E-state index in [4.69, 9.17) is 0 Å². The van der Waals surface area contributed by atoms with Gasteiger partial charge in [-0.05, 0) is 60.2 Å². The van der Waals surface area contributed by atoms with E-state index in [2.05, 4.69) is 125 Å². The molecule has 1 aromatic carbocycles. The fraction of sp³-hybridized carbons (Fsp3) is 0.818. The van der Waals surface area contributed by atoms with Crippen LogP contribution in [0.3, 0.4) is 0 Å². The highest BCUT2D eigenvalue weighted by Gasteiger charge is 2.58. The van der Waals surface area contributed by atoms with Gasteiger partial charge in [-0.1, -0.05) is 125 Å². The van der Waals surface area contributed by atoms with Crippen LogP contribution in [0.15, 0.2) is 0 Å². The van der Waals surface area contributed by atoms with Crippen LogP contribution in [0.1, 0.15) is 125 Å². The summed E-state index contributed by atoms with van der Waals surface area (Å²) in [5.41, 5.74) is 1.25. The zero-order chi connectivity index (χ0) is 31.2. The SMILES string of the molecule is CC(C)[Si](c1c(F)c(F)c([Si](C(C)C)(C(C)C)C(C)C)c([Si](C(C)C)(C(C)C)C(C)C)c1F)(C(C)C)C(C)C. The zero-order valence-corrected chi connectivity index (χ0v) is 31.8. The molecule has 1 rings (SSSR count). The molecule has 0 unspecified atom stereocenters. The van der Waals surface area contributed by atoms with E-state index >= 15 is 13.2 Å². The first kappa shape index (κ1) is 36.7. The van der Waals surface area contributed by atoms with Crippen LogP contribution in [-0.2, 0) is 0 Å². The van der Waals surface area contributed by atoms with Gasteiger partial charge >= 0.3 is 0 Å². The van der Waals surface area contributed by atoms with Crippen molar-refractivity contribution >= 4 is 39.8 Å². The van der Waals surface area contributed by atoms with Gasteiger partial charge in [0.05, 0.1) is 16.1 Å². The predicted molar refractivity (Wildman–Crippen MR) is 178 cm³/mol. The Bertz CT molecular complexity index is 910. The van der Waals surface area contributed by atoms with E-state index in [-0.39, 0.29) is 60.9 Å². The largest absolute Gasteiger partial charge is 0.207 e. The first-order valence-electron chi connectivity index (χ1n) is 15.8. The summed E-state index contributed by atoms with van der Waals surface area (Å²) in [7, 11) is -8.36. The molecule has 0 aliphatic heterocycles. The Morgan fingerprint density at radius 2 is 0.436 bits per heavy atom. The van der Waals surface area contributed by atoms with Crippen molar-refractivity contribution in [1.82, 2.24) is 0 Å². The molecule has 0 spiro atoms. The summed E-state index contributed by atoms with van der Waals surface area (Å²) in [5, 5.41) is 1.36. The standard InChI is InChI=1S/C33H63F3Si3/c1-19(2)37(20(3)4,21(5)6)31-28(34)29(35)32(38(22(7)8,23(9)10)24(11)12)33(30(31)36)39(25(13)14,26(15)16)27(17)18/h19-27H,1-18H3. The summed E-state index contributed by atoms with van der Waals surface area (Å²) < 4.78 is 52.6. The first-order chi connectivity index (χ1) is 17.6. The Balaban J connectivity index is 5.00. The molecule has 6 heteroatoms. The van der Waals surface area contributed by atoms with Gasteiger partial charge in [-0.3, -0.25) is 0 Å². The smallest absolute Gasteiger partial charge is 0.160 e. The van der Waals surface area contributed by atoms with Gasteiger partial charge in [-0.2, -0.15) is 0 Å². The molecule has 0 nitrogen and oxygen atoms in total. The van der Waals surface area contributed by atoms with E-state index in [1.807, 2.05) is 0 Å². The van der Waals surface area contributed by atoms with E-state index in [1.165, 1.54) is 0 Å². The van der Waals surface area contributed by atoms with Crippen LogP contribution >= 0.6 is 0 Å². The highest BCUT2D eigenvalue weighted by Crippen LogP contribution is 2.48. The molecule has 0 heterocycles. The van der Waals surface area contributed by atoms with E-state index in [0.717, 1.165) is 0 Å². The second kappa shape index (κ2) is 12.9. The van der Waals surface area contributed by atoms with Crippen LogP contribution in [0.2, 0.25) is 49.9 Å². The molecule has 0 saturated heterocycles. The van der Waals surface area contributed by atoms with Crippen LogP contribution in [0, 0.1) is 17.5 Å². The minimum absolute atomic E-state index is 0.0788. The second-order valence-electron chi connectivity index (χ2n) is 15.3.